The molecule has 7 rings (SSSR count). The number of pyridine rings is 2. The molecule has 38 heavy (non-hydrogen) atoms. The smallest absolute Gasteiger partial charge is 0.343 e. The third-order valence-electron chi connectivity index (χ3n) is 7.75. The molecule has 10 heteroatoms. The van der Waals surface area contributed by atoms with E-state index in [-0.39, 0.29) is 41.5 Å². The van der Waals surface area contributed by atoms with Crippen molar-refractivity contribution in [3.05, 3.63) is 85.9 Å². The van der Waals surface area contributed by atoms with E-state index in [1.54, 1.807) is 29.7 Å². The number of aliphatic hydroxyl groups is 1. The van der Waals surface area contributed by atoms with Crippen LogP contribution in [0, 0.1) is 5.82 Å². The molecule has 3 aliphatic rings. The minimum atomic E-state index is -1.87. The van der Waals surface area contributed by atoms with E-state index in [4.69, 9.17) is 26.1 Å². The quantitative estimate of drug-likeness (QED) is 0.339. The Balaban J connectivity index is 1.35. The first-order valence-electron chi connectivity index (χ1n) is 12.2. The van der Waals surface area contributed by atoms with E-state index < -0.39 is 17.4 Å². The van der Waals surface area contributed by atoms with Crippen molar-refractivity contribution >= 4 is 34.2 Å². The van der Waals surface area contributed by atoms with E-state index in [0.29, 0.717) is 30.0 Å². The summed E-state index contributed by atoms with van der Waals surface area (Å²) in [6.07, 6.45) is 0.0850. The Bertz CT molecular complexity index is 1770. The number of anilines is 1. The van der Waals surface area contributed by atoms with Crippen molar-refractivity contribution < 1.29 is 23.8 Å². The predicted molar refractivity (Wildman–Crippen MR) is 138 cm³/mol. The van der Waals surface area contributed by atoms with Gasteiger partial charge in [-0.05, 0) is 48.9 Å². The van der Waals surface area contributed by atoms with Crippen LogP contribution < -0.4 is 15.2 Å². The fraction of sp³-hybridized carbons (Fsp3) is 0.250. The van der Waals surface area contributed by atoms with Gasteiger partial charge in [-0.15, -0.1) is 0 Å². The third-order valence-corrected chi connectivity index (χ3v) is 8.04. The van der Waals surface area contributed by atoms with Gasteiger partial charge < -0.3 is 24.0 Å². The highest BCUT2D eigenvalue weighted by molar-refractivity contribution is 6.31. The van der Waals surface area contributed by atoms with E-state index in [9.17, 15) is 19.1 Å². The van der Waals surface area contributed by atoms with Gasteiger partial charge in [-0.1, -0.05) is 18.5 Å². The molecule has 0 unspecified atom stereocenters. The van der Waals surface area contributed by atoms with Crippen LogP contribution in [0.2, 0.25) is 5.02 Å². The Morgan fingerprint density at radius 3 is 2.74 bits per heavy atom. The summed E-state index contributed by atoms with van der Waals surface area (Å²) < 4.78 is 26.5. The number of fused-ring (bicyclic) bond motifs is 7. The van der Waals surface area contributed by atoms with E-state index in [1.165, 1.54) is 6.07 Å². The number of ether oxygens (including phenoxy) is 2. The zero-order chi connectivity index (χ0) is 26.3. The molecule has 0 saturated carbocycles. The maximum atomic E-state index is 13.7. The summed E-state index contributed by atoms with van der Waals surface area (Å²) in [5.74, 6) is -0.501. The SMILES string of the molecule is CC[C@@]1(O)C(=O)OCc2c1cc1n(c2=O)Cc2cc3c4c(ccc3nc2-1)OCN(c1ccc(F)c(Cl)c1)C4. The molecule has 0 bridgehead atoms. The lowest BCUT2D eigenvalue weighted by atomic mass is 9.86. The summed E-state index contributed by atoms with van der Waals surface area (Å²) in [5, 5.41) is 12.0. The van der Waals surface area contributed by atoms with Gasteiger partial charge in [0, 0.05) is 27.8 Å². The minimum Gasteiger partial charge on any atom is -0.473 e. The number of rotatable bonds is 2. The number of benzene rings is 2. The average molecular weight is 534 g/mol. The van der Waals surface area contributed by atoms with Crippen molar-refractivity contribution in [2.45, 2.75) is 38.6 Å². The fourth-order valence-electron chi connectivity index (χ4n) is 5.62. The highest BCUT2D eigenvalue weighted by atomic mass is 35.5. The highest BCUT2D eigenvalue weighted by Gasteiger charge is 2.45. The first-order chi connectivity index (χ1) is 18.3. The molecule has 192 valence electrons. The summed E-state index contributed by atoms with van der Waals surface area (Å²) in [7, 11) is 0. The van der Waals surface area contributed by atoms with Crippen molar-refractivity contribution in [1.82, 2.24) is 9.55 Å². The third kappa shape index (κ3) is 3.15. The molecular weight excluding hydrogens is 513 g/mol. The van der Waals surface area contributed by atoms with Gasteiger partial charge in [0.05, 0.1) is 40.6 Å². The van der Waals surface area contributed by atoms with Crippen LogP contribution in [-0.2, 0) is 34.8 Å². The molecule has 2 aromatic heterocycles. The Hall–Kier alpha value is -3.95. The van der Waals surface area contributed by atoms with Gasteiger partial charge in [0.1, 0.15) is 18.2 Å². The molecule has 0 radical (unpaired) electrons. The fourth-order valence-corrected chi connectivity index (χ4v) is 5.80. The number of halogens is 2. The van der Waals surface area contributed by atoms with Crippen molar-refractivity contribution in [3.63, 3.8) is 0 Å². The second-order valence-electron chi connectivity index (χ2n) is 9.78. The van der Waals surface area contributed by atoms with E-state index in [0.717, 1.165) is 28.0 Å². The van der Waals surface area contributed by atoms with Gasteiger partial charge in [-0.25, -0.2) is 14.2 Å². The normalized spacial score (nSPS) is 19.4. The van der Waals surface area contributed by atoms with Crippen molar-refractivity contribution in [2.24, 2.45) is 0 Å². The molecule has 1 atom stereocenters. The van der Waals surface area contributed by atoms with Crippen LogP contribution in [0.5, 0.6) is 5.75 Å². The molecule has 5 heterocycles. The van der Waals surface area contributed by atoms with Gasteiger partial charge in [-0.3, -0.25) is 4.79 Å². The number of cyclic esters (lactones) is 1. The van der Waals surface area contributed by atoms with Crippen LogP contribution in [0.1, 0.15) is 35.6 Å². The molecule has 0 aliphatic carbocycles. The Morgan fingerprint density at radius 2 is 1.95 bits per heavy atom. The lowest BCUT2D eigenvalue weighted by molar-refractivity contribution is -0.172. The number of nitrogens with zero attached hydrogens (tertiary/aromatic N) is 3. The Kier molecular flexibility index (Phi) is 4.90. The highest BCUT2D eigenvalue weighted by Crippen LogP contribution is 2.41. The molecule has 0 fully saturated rings. The monoisotopic (exact) mass is 533 g/mol. The van der Waals surface area contributed by atoms with Gasteiger partial charge in [0.2, 0.25) is 0 Å². The molecule has 8 nitrogen and oxygen atoms in total. The molecule has 0 amide bonds. The topological polar surface area (TPSA) is 93.9 Å². The number of hydrogen-bond acceptors (Lipinski definition) is 7. The van der Waals surface area contributed by atoms with Crippen LogP contribution in [0.4, 0.5) is 10.1 Å². The van der Waals surface area contributed by atoms with E-state index in [2.05, 4.69) is 0 Å². The standard InChI is InChI=1S/C28H21ClFN3O5/c1-2-28(36)19-9-23-25-14(10-33(23)26(34)18(19)12-37-27(28)35)7-16-17-11-32(15-3-4-21(30)20(29)8-15)13-38-24(17)6-5-22(16)31-25/h3-9,36H,2,10-13H2,1H3/t28-/m0/s1. The van der Waals surface area contributed by atoms with Crippen LogP contribution in [0.15, 0.2) is 47.3 Å². The largest absolute Gasteiger partial charge is 0.473 e. The number of esters is 1. The van der Waals surface area contributed by atoms with E-state index in [1.807, 2.05) is 23.1 Å². The summed E-state index contributed by atoms with van der Waals surface area (Å²) >= 11 is 6.01. The van der Waals surface area contributed by atoms with Gasteiger partial charge in [-0.2, -0.15) is 0 Å². The zero-order valence-corrected chi connectivity index (χ0v) is 21.0. The Labute approximate surface area is 220 Å². The molecule has 4 aromatic rings. The van der Waals surface area contributed by atoms with Crippen molar-refractivity contribution in [1.29, 1.82) is 0 Å². The average Bonchev–Trinajstić information content (AvgIpc) is 3.29. The van der Waals surface area contributed by atoms with Crippen molar-refractivity contribution in [3.8, 4) is 17.1 Å². The predicted octanol–water partition coefficient (Wildman–Crippen LogP) is 4.23. The first kappa shape index (κ1) is 23.2. The number of hydrogen-bond donors (Lipinski definition) is 1. The molecule has 0 saturated heterocycles. The second kappa shape index (κ2) is 8.02. The Morgan fingerprint density at radius 1 is 1.11 bits per heavy atom. The molecule has 0 spiro atoms. The van der Waals surface area contributed by atoms with Gasteiger partial charge >= 0.3 is 5.97 Å². The van der Waals surface area contributed by atoms with Crippen LogP contribution in [0.25, 0.3) is 22.3 Å². The zero-order valence-electron chi connectivity index (χ0n) is 20.3. The number of carbonyl (C=O) groups is 1. The maximum absolute atomic E-state index is 13.7. The summed E-state index contributed by atoms with van der Waals surface area (Å²) in [4.78, 5) is 32.7. The van der Waals surface area contributed by atoms with Crippen LogP contribution in [0.3, 0.4) is 0 Å². The van der Waals surface area contributed by atoms with Gasteiger partial charge in [0.25, 0.3) is 5.56 Å². The van der Waals surface area contributed by atoms with Crippen molar-refractivity contribution in [2.75, 3.05) is 11.6 Å². The lowest BCUT2D eigenvalue weighted by Crippen LogP contribution is -2.44. The number of carbonyl (C=O) groups excluding carboxylic acids is 1. The summed E-state index contributed by atoms with van der Waals surface area (Å²) in [6, 6.07) is 12.0. The molecule has 1 N–H and O–H groups in total. The first-order valence-corrected chi connectivity index (χ1v) is 12.6. The summed E-state index contributed by atoms with van der Waals surface area (Å²) in [6.45, 7) is 2.59. The molecule has 3 aliphatic heterocycles. The molecule has 2 aromatic carbocycles. The van der Waals surface area contributed by atoms with Gasteiger partial charge in [0.15, 0.2) is 12.3 Å². The minimum absolute atomic E-state index is 0.0404. The second-order valence-corrected chi connectivity index (χ2v) is 10.2. The van der Waals surface area contributed by atoms with Crippen LogP contribution >= 0.6 is 11.6 Å². The van der Waals surface area contributed by atoms with Crippen LogP contribution in [-0.4, -0.2) is 27.4 Å². The lowest BCUT2D eigenvalue weighted by Gasteiger charge is -2.31. The maximum Gasteiger partial charge on any atom is 0.343 e. The molecular formula is C28H21ClFN3O5. The summed E-state index contributed by atoms with van der Waals surface area (Å²) in [5.41, 5.74) is 2.81. The van der Waals surface area contributed by atoms with E-state index >= 15 is 0 Å². The number of aromatic nitrogens is 2.